The molecule has 0 amide bonds. The molecule has 0 aromatic carbocycles. The van der Waals surface area contributed by atoms with E-state index in [1.807, 2.05) is 0 Å². The zero-order valence-corrected chi connectivity index (χ0v) is 8.56. The molecule has 1 heterocycles. The van der Waals surface area contributed by atoms with E-state index in [1.54, 1.807) is 0 Å². The zero-order chi connectivity index (χ0) is 10.6. The minimum absolute atomic E-state index is 0.192. The molecule has 0 radical (unpaired) electrons. The fourth-order valence-corrected chi connectivity index (χ4v) is 1.97. The highest BCUT2D eigenvalue weighted by atomic mass is 16.4. The molecule has 82 valence electrons. The number of oxime groups is 1. The lowest BCUT2D eigenvalue weighted by Gasteiger charge is -2.24. The number of likely N-dealkylation sites (tertiary alicyclic amines) is 1. The van der Waals surface area contributed by atoms with Crippen LogP contribution in [-0.2, 0) is 0 Å². The Hall–Kier alpha value is -0.810. The van der Waals surface area contributed by atoms with Crippen LogP contribution in [0, 0.1) is 5.92 Å². The van der Waals surface area contributed by atoms with Crippen molar-refractivity contribution in [2.24, 2.45) is 16.8 Å². The van der Waals surface area contributed by atoms with Gasteiger partial charge in [-0.05, 0) is 18.9 Å². The van der Waals surface area contributed by atoms with Crippen molar-refractivity contribution >= 4 is 5.84 Å². The average Bonchev–Trinajstić information content (AvgIpc) is 2.55. The highest BCUT2D eigenvalue weighted by Crippen LogP contribution is 2.23. The van der Waals surface area contributed by atoms with Crippen molar-refractivity contribution in [2.45, 2.75) is 25.8 Å². The maximum Gasteiger partial charge on any atom is 0.140 e. The molecule has 0 saturated carbocycles. The number of hydrogen-bond acceptors (Lipinski definition) is 4. The molecule has 5 nitrogen and oxygen atoms in total. The normalized spacial score (nSPS) is 29.7. The Balaban J connectivity index is 2.37. The molecule has 0 bridgehead atoms. The van der Waals surface area contributed by atoms with Crippen LogP contribution >= 0.6 is 0 Å². The van der Waals surface area contributed by atoms with Gasteiger partial charge in [-0.1, -0.05) is 12.1 Å². The minimum atomic E-state index is 0.192. The topological polar surface area (TPSA) is 82.1 Å². The van der Waals surface area contributed by atoms with Gasteiger partial charge in [0, 0.05) is 19.0 Å². The summed E-state index contributed by atoms with van der Waals surface area (Å²) in [4.78, 5) is 2.20. The molecule has 2 unspecified atom stereocenters. The van der Waals surface area contributed by atoms with E-state index in [-0.39, 0.29) is 18.5 Å². The van der Waals surface area contributed by atoms with E-state index in [4.69, 9.17) is 10.9 Å². The molecular formula is C9H19N3O2. The third-order valence-electron chi connectivity index (χ3n) is 2.97. The first-order valence-electron chi connectivity index (χ1n) is 5.00. The number of aliphatic hydroxyl groups is 1. The van der Waals surface area contributed by atoms with E-state index < -0.39 is 0 Å². The van der Waals surface area contributed by atoms with Crippen LogP contribution in [0.15, 0.2) is 5.16 Å². The Labute approximate surface area is 84.2 Å². The highest BCUT2D eigenvalue weighted by Gasteiger charge is 2.29. The number of hydrogen-bond donors (Lipinski definition) is 3. The standard InChI is InChI=1S/C9H19N3O2/c1-7-2-4-12(8(7)6-13)5-3-9(10)11-14/h7-8,13-14H,2-6H2,1H3,(H2,10,11). The average molecular weight is 201 g/mol. The number of nitrogens with zero attached hydrogens (tertiary/aromatic N) is 2. The van der Waals surface area contributed by atoms with E-state index in [0.29, 0.717) is 12.3 Å². The molecule has 1 rings (SSSR count). The van der Waals surface area contributed by atoms with Gasteiger partial charge in [0.1, 0.15) is 5.84 Å². The summed E-state index contributed by atoms with van der Waals surface area (Å²) in [6.45, 7) is 4.08. The summed E-state index contributed by atoms with van der Waals surface area (Å²) in [5, 5.41) is 20.5. The molecule has 0 aliphatic carbocycles. The summed E-state index contributed by atoms with van der Waals surface area (Å²) in [6, 6.07) is 0.237. The molecular weight excluding hydrogens is 182 g/mol. The van der Waals surface area contributed by atoms with Crippen molar-refractivity contribution in [1.29, 1.82) is 0 Å². The maximum absolute atomic E-state index is 9.18. The van der Waals surface area contributed by atoms with Crippen LogP contribution in [0.1, 0.15) is 19.8 Å². The van der Waals surface area contributed by atoms with E-state index in [9.17, 15) is 5.11 Å². The van der Waals surface area contributed by atoms with Gasteiger partial charge in [0.15, 0.2) is 0 Å². The molecule has 1 aliphatic heterocycles. The molecule has 0 aromatic rings. The van der Waals surface area contributed by atoms with Crippen LogP contribution in [0.4, 0.5) is 0 Å². The third-order valence-corrected chi connectivity index (χ3v) is 2.97. The lowest BCUT2D eigenvalue weighted by molar-refractivity contribution is 0.141. The fraction of sp³-hybridized carbons (Fsp3) is 0.889. The van der Waals surface area contributed by atoms with Crippen molar-refractivity contribution < 1.29 is 10.3 Å². The zero-order valence-electron chi connectivity index (χ0n) is 8.56. The number of rotatable bonds is 4. The largest absolute Gasteiger partial charge is 0.409 e. The quantitative estimate of drug-likeness (QED) is 0.255. The first-order valence-corrected chi connectivity index (χ1v) is 5.00. The van der Waals surface area contributed by atoms with Gasteiger partial charge in [-0.2, -0.15) is 0 Å². The Morgan fingerprint density at radius 1 is 1.64 bits per heavy atom. The second-order valence-corrected chi connectivity index (χ2v) is 3.89. The Morgan fingerprint density at radius 2 is 2.36 bits per heavy atom. The second-order valence-electron chi connectivity index (χ2n) is 3.89. The highest BCUT2D eigenvalue weighted by molar-refractivity contribution is 5.79. The fourth-order valence-electron chi connectivity index (χ4n) is 1.97. The summed E-state index contributed by atoms with van der Waals surface area (Å²) in [7, 11) is 0. The van der Waals surface area contributed by atoms with Gasteiger partial charge in [-0.15, -0.1) is 0 Å². The lowest BCUT2D eigenvalue weighted by Crippen LogP contribution is -2.37. The van der Waals surface area contributed by atoms with E-state index in [1.165, 1.54) is 0 Å². The molecule has 14 heavy (non-hydrogen) atoms. The Morgan fingerprint density at radius 3 is 2.93 bits per heavy atom. The molecule has 2 atom stereocenters. The van der Waals surface area contributed by atoms with Crippen LogP contribution in [0.5, 0.6) is 0 Å². The number of aliphatic hydroxyl groups excluding tert-OH is 1. The van der Waals surface area contributed by atoms with Crippen LogP contribution in [0.2, 0.25) is 0 Å². The summed E-state index contributed by atoms with van der Waals surface area (Å²) in [5.74, 6) is 0.786. The summed E-state index contributed by atoms with van der Waals surface area (Å²) in [5.41, 5.74) is 5.38. The molecule has 1 aliphatic rings. The SMILES string of the molecule is CC1CCN(CCC(N)=NO)C1CO. The number of amidine groups is 1. The second kappa shape index (κ2) is 5.17. The van der Waals surface area contributed by atoms with Gasteiger partial charge in [-0.25, -0.2) is 0 Å². The number of nitrogens with two attached hydrogens (primary N) is 1. The Bertz CT molecular complexity index is 208. The molecule has 1 saturated heterocycles. The van der Waals surface area contributed by atoms with E-state index in [2.05, 4.69) is 17.0 Å². The van der Waals surface area contributed by atoms with Crippen molar-refractivity contribution in [2.75, 3.05) is 19.7 Å². The van der Waals surface area contributed by atoms with E-state index in [0.717, 1.165) is 19.5 Å². The molecule has 5 heteroatoms. The Kier molecular flexibility index (Phi) is 4.16. The first kappa shape index (κ1) is 11.3. The monoisotopic (exact) mass is 201 g/mol. The van der Waals surface area contributed by atoms with Gasteiger partial charge < -0.3 is 16.0 Å². The van der Waals surface area contributed by atoms with Crippen LogP contribution in [-0.4, -0.2) is 46.8 Å². The predicted molar refractivity (Wildman–Crippen MR) is 54.3 cm³/mol. The molecule has 0 aromatic heterocycles. The molecule has 4 N–H and O–H groups in total. The van der Waals surface area contributed by atoms with Crippen molar-refractivity contribution in [3.05, 3.63) is 0 Å². The van der Waals surface area contributed by atoms with Gasteiger partial charge in [0.05, 0.1) is 6.61 Å². The van der Waals surface area contributed by atoms with Crippen molar-refractivity contribution in [3.63, 3.8) is 0 Å². The van der Waals surface area contributed by atoms with Gasteiger partial charge in [-0.3, -0.25) is 4.90 Å². The maximum atomic E-state index is 9.18. The summed E-state index contributed by atoms with van der Waals surface area (Å²) >= 11 is 0. The van der Waals surface area contributed by atoms with Gasteiger partial charge >= 0.3 is 0 Å². The van der Waals surface area contributed by atoms with Gasteiger partial charge in [0.25, 0.3) is 0 Å². The van der Waals surface area contributed by atoms with Crippen LogP contribution in [0.3, 0.4) is 0 Å². The van der Waals surface area contributed by atoms with Gasteiger partial charge in [0.2, 0.25) is 0 Å². The summed E-state index contributed by atoms with van der Waals surface area (Å²) < 4.78 is 0. The first-order chi connectivity index (χ1) is 6.69. The van der Waals surface area contributed by atoms with Crippen LogP contribution < -0.4 is 5.73 Å². The molecule has 1 fully saturated rings. The van der Waals surface area contributed by atoms with E-state index >= 15 is 0 Å². The minimum Gasteiger partial charge on any atom is -0.409 e. The van der Waals surface area contributed by atoms with Crippen molar-refractivity contribution in [1.82, 2.24) is 4.90 Å². The molecule has 0 spiro atoms. The lowest BCUT2D eigenvalue weighted by atomic mass is 10.0. The predicted octanol–water partition coefficient (Wildman–Crippen LogP) is -0.174. The van der Waals surface area contributed by atoms with Crippen molar-refractivity contribution in [3.8, 4) is 0 Å². The van der Waals surface area contributed by atoms with Crippen LogP contribution in [0.25, 0.3) is 0 Å². The third kappa shape index (κ3) is 2.59. The smallest absolute Gasteiger partial charge is 0.140 e. The summed E-state index contributed by atoms with van der Waals surface area (Å²) in [6.07, 6.45) is 1.67.